The molecule has 1 amide bonds. The summed E-state index contributed by atoms with van der Waals surface area (Å²) in [5.41, 5.74) is 0.866. The second kappa shape index (κ2) is 5.03. The third-order valence-electron chi connectivity index (χ3n) is 2.92. The second-order valence-electron chi connectivity index (χ2n) is 4.34. The van der Waals surface area contributed by atoms with Crippen LogP contribution in [0, 0.1) is 0 Å². The fraction of sp³-hybridized carbons (Fsp3) is 0.417. The van der Waals surface area contributed by atoms with Crippen LogP contribution < -0.4 is 10.2 Å². The highest BCUT2D eigenvalue weighted by atomic mass is 16.4. The highest BCUT2D eigenvalue weighted by Crippen LogP contribution is 2.20. The minimum Gasteiger partial charge on any atom is -0.477 e. The van der Waals surface area contributed by atoms with Crippen molar-refractivity contribution in [3.8, 4) is 0 Å². The third kappa shape index (κ3) is 2.77. The van der Waals surface area contributed by atoms with Crippen molar-refractivity contribution >= 4 is 17.6 Å². The van der Waals surface area contributed by atoms with Gasteiger partial charge in [-0.2, -0.15) is 0 Å². The van der Waals surface area contributed by atoms with E-state index < -0.39 is 5.97 Å². The van der Waals surface area contributed by atoms with Crippen LogP contribution in [-0.4, -0.2) is 41.1 Å². The summed E-state index contributed by atoms with van der Waals surface area (Å²) >= 11 is 0. The van der Waals surface area contributed by atoms with Gasteiger partial charge < -0.3 is 15.3 Å². The number of carbonyl (C=O) groups is 2. The van der Waals surface area contributed by atoms with Gasteiger partial charge in [-0.15, -0.1) is 0 Å². The van der Waals surface area contributed by atoms with Crippen LogP contribution in [0.15, 0.2) is 18.3 Å². The number of anilines is 1. The molecule has 1 fully saturated rings. The van der Waals surface area contributed by atoms with E-state index in [1.165, 1.54) is 13.1 Å². The third-order valence-corrected chi connectivity index (χ3v) is 2.92. The molecule has 2 heterocycles. The van der Waals surface area contributed by atoms with Gasteiger partial charge in [0.1, 0.15) is 5.69 Å². The van der Waals surface area contributed by atoms with Crippen LogP contribution in [-0.2, 0) is 4.79 Å². The number of pyridine rings is 1. The molecule has 6 nitrogen and oxygen atoms in total. The average molecular weight is 249 g/mol. The molecule has 0 saturated carbocycles. The van der Waals surface area contributed by atoms with Gasteiger partial charge in [0.15, 0.2) is 0 Å². The Bertz CT molecular complexity index is 475. The van der Waals surface area contributed by atoms with Gasteiger partial charge in [0.25, 0.3) is 0 Å². The lowest BCUT2D eigenvalue weighted by Gasteiger charge is -2.18. The Morgan fingerprint density at radius 2 is 2.33 bits per heavy atom. The topological polar surface area (TPSA) is 82.5 Å². The molecule has 0 radical (unpaired) electrons. The van der Waals surface area contributed by atoms with Crippen LogP contribution >= 0.6 is 0 Å². The van der Waals surface area contributed by atoms with Crippen LogP contribution in [0.5, 0.6) is 0 Å². The summed E-state index contributed by atoms with van der Waals surface area (Å²) in [6.07, 6.45) is 2.36. The van der Waals surface area contributed by atoms with Crippen LogP contribution in [0.2, 0.25) is 0 Å². The summed E-state index contributed by atoms with van der Waals surface area (Å²) in [6, 6.07) is 3.46. The molecule has 0 bridgehead atoms. The zero-order valence-electron chi connectivity index (χ0n) is 10.1. The highest BCUT2D eigenvalue weighted by molar-refractivity contribution is 5.86. The summed E-state index contributed by atoms with van der Waals surface area (Å²) in [5.74, 6) is -1.07. The molecule has 1 aromatic heterocycles. The van der Waals surface area contributed by atoms with E-state index >= 15 is 0 Å². The molecular formula is C12H15N3O3. The number of nitrogens with one attached hydrogen (secondary N) is 1. The Hall–Kier alpha value is -2.11. The summed E-state index contributed by atoms with van der Waals surface area (Å²) in [4.78, 5) is 27.6. The molecule has 96 valence electrons. The van der Waals surface area contributed by atoms with Crippen molar-refractivity contribution in [3.63, 3.8) is 0 Å². The number of carboxylic acid groups (broad SMARTS) is 1. The van der Waals surface area contributed by atoms with E-state index in [4.69, 9.17) is 5.11 Å². The molecule has 1 atom stereocenters. The largest absolute Gasteiger partial charge is 0.477 e. The predicted molar refractivity (Wildman–Crippen MR) is 65.6 cm³/mol. The van der Waals surface area contributed by atoms with Gasteiger partial charge in [-0.05, 0) is 18.6 Å². The van der Waals surface area contributed by atoms with Gasteiger partial charge in [0.05, 0.1) is 0 Å². The van der Waals surface area contributed by atoms with Crippen molar-refractivity contribution in [2.45, 2.75) is 19.4 Å². The lowest BCUT2D eigenvalue weighted by Crippen LogP contribution is -2.35. The van der Waals surface area contributed by atoms with E-state index in [0.717, 1.165) is 18.7 Å². The van der Waals surface area contributed by atoms with Crippen LogP contribution in [0.1, 0.15) is 23.8 Å². The van der Waals surface area contributed by atoms with Crippen molar-refractivity contribution in [1.29, 1.82) is 0 Å². The van der Waals surface area contributed by atoms with Gasteiger partial charge >= 0.3 is 5.97 Å². The number of nitrogens with zero attached hydrogens (tertiary/aromatic N) is 2. The number of carbonyl (C=O) groups excluding carboxylic acids is 1. The summed E-state index contributed by atoms with van der Waals surface area (Å²) < 4.78 is 0. The highest BCUT2D eigenvalue weighted by Gasteiger charge is 2.23. The molecule has 0 aliphatic carbocycles. The molecule has 1 unspecified atom stereocenters. The Labute approximate surface area is 105 Å². The summed E-state index contributed by atoms with van der Waals surface area (Å²) in [5, 5.41) is 11.8. The smallest absolute Gasteiger partial charge is 0.354 e. The molecule has 6 heteroatoms. The van der Waals surface area contributed by atoms with Gasteiger partial charge in [0.2, 0.25) is 5.91 Å². The van der Waals surface area contributed by atoms with Crippen molar-refractivity contribution in [2.75, 3.05) is 18.0 Å². The molecule has 1 saturated heterocycles. The Morgan fingerprint density at radius 1 is 1.56 bits per heavy atom. The quantitative estimate of drug-likeness (QED) is 0.815. The first-order valence-electron chi connectivity index (χ1n) is 5.77. The maximum atomic E-state index is 11.0. The predicted octanol–water partition coefficient (Wildman–Crippen LogP) is 0.495. The van der Waals surface area contributed by atoms with Crippen molar-refractivity contribution < 1.29 is 14.7 Å². The number of aromatic nitrogens is 1. The van der Waals surface area contributed by atoms with Gasteiger partial charge in [-0.1, -0.05) is 0 Å². The lowest BCUT2D eigenvalue weighted by molar-refractivity contribution is -0.119. The molecule has 1 aromatic rings. The molecule has 2 rings (SSSR count). The molecule has 0 aromatic carbocycles. The van der Waals surface area contributed by atoms with Gasteiger partial charge in [-0.25, -0.2) is 9.78 Å². The standard InChI is InChI=1S/C12H15N3O3/c1-8(16)14-9-3-5-15(7-9)10-2-4-13-11(6-10)12(17)18/h2,4,6,9H,3,5,7H2,1H3,(H,14,16)(H,17,18). The first kappa shape index (κ1) is 12.3. The minimum atomic E-state index is -1.03. The zero-order valence-corrected chi connectivity index (χ0v) is 10.1. The van der Waals surface area contributed by atoms with E-state index in [1.807, 2.05) is 0 Å². The van der Waals surface area contributed by atoms with Crippen molar-refractivity contribution in [2.24, 2.45) is 0 Å². The number of amides is 1. The molecule has 1 aliphatic rings. The molecule has 0 spiro atoms. The molecular weight excluding hydrogens is 234 g/mol. The lowest BCUT2D eigenvalue weighted by atomic mass is 10.2. The van der Waals surface area contributed by atoms with Crippen LogP contribution in [0.3, 0.4) is 0 Å². The molecule has 18 heavy (non-hydrogen) atoms. The maximum absolute atomic E-state index is 11.0. The first-order valence-corrected chi connectivity index (χ1v) is 5.77. The fourth-order valence-corrected chi connectivity index (χ4v) is 2.13. The Balaban J connectivity index is 2.07. The number of hydrogen-bond donors (Lipinski definition) is 2. The second-order valence-corrected chi connectivity index (χ2v) is 4.34. The van der Waals surface area contributed by atoms with Crippen LogP contribution in [0.25, 0.3) is 0 Å². The van der Waals surface area contributed by atoms with Gasteiger partial charge in [-0.3, -0.25) is 4.79 Å². The van der Waals surface area contributed by atoms with E-state index in [9.17, 15) is 9.59 Å². The number of hydrogen-bond acceptors (Lipinski definition) is 4. The summed E-state index contributed by atoms with van der Waals surface area (Å²) in [7, 11) is 0. The number of rotatable bonds is 3. The number of aromatic carboxylic acids is 1. The van der Waals surface area contributed by atoms with E-state index in [1.54, 1.807) is 12.1 Å². The van der Waals surface area contributed by atoms with E-state index in [2.05, 4.69) is 15.2 Å². The van der Waals surface area contributed by atoms with Crippen molar-refractivity contribution in [3.05, 3.63) is 24.0 Å². The molecule has 2 N–H and O–H groups in total. The maximum Gasteiger partial charge on any atom is 0.354 e. The van der Waals surface area contributed by atoms with Crippen LogP contribution in [0.4, 0.5) is 5.69 Å². The minimum absolute atomic E-state index is 0.0375. The monoisotopic (exact) mass is 249 g/mol. The Morgan fingerprint density at radius 3 is 3.00 bits per heavy atom. The summed E-state index contributed by atoms with van der Waals surface area (Å²) in [6.45, 7) is 2.99. The van der Waals surface area contributed by atoms with Gasteiger partial charge in [0, 0.05) is 37.9 Å². The number of carboxylic acids is 1. The molecule has 1 aliphatic heterocycles. The van der Waals surface area contributed by atoms with Crippen molar-refractivity contribution in [1.82, 2.24) is 10.3 Å². The fourth-order valence-electron chi connectivity index (χ4n) is 2.13. The average Bonchev–Trinajstić information content (AvgIpc) is 2.77. The zero-order chi connectivity index (χ0) is 13.1. The first-order chi connectivity index (χ1) is 8.56. The normalized spacial score (nSPS) is 18.7. The van der Waals surface area contributed by atoms with E-state index in [-0.39, 0.29) is 17.6 Å². The Kier molecular flexibility index (Phi) is 3.45. The van der Waals surface area contributed by atoms with E-state index in [0.29, 0.717) is 6.54 Å². The SMILES string of the molecule is CC(=O)NC1CCN(c2ccnc(C(=O)O)c2)C1.